The number of carbonyl (C=O) groups excluding carboxylic acids is 2. The number of carboxylic acids is 1. The Hall–Kier alpha value is -8.87. The van der Waals surface area contributed by atoms with Gasteiger partial charge in [0, 0.05) is 29.9 Å². The number of benzene rings is 3. The van der Waals surface area contributed by atoms with E-state index in [0.717, 1.165) is 53.1 Å². The summed E-state index contributed by atoms with van der Waals surface area (Å²) in [7, 11) is -24.6. The lowest BCUT2D eigenvalue weighted by atomic mass is 10.1. The second kappa shape index (κ2) is 23.8. The number of carbonyl (C=O) groups is 3. The second-order valence-corrected chi connectivity index (χ2v) is 23.7. The van der Waals surface area contributed by atoms with Crippen molar-refractivity contribution < 1.29 is 93.6 Å². The molecule has 0 atom stereocenters. The van der Waals surface area contributed by atoms with Crippen LogP contribution in [0.1, 0.15) is 43.6 Å². The number of sulfone groups is 1. The Morgan fingerprint density at radius 1 is 0.716 bits per heavy atom. The molecule has 81 heavy (non-hydrogen) atoms. The summed E-state index contributed by atoms with van der Waals surface area (Å²) < 4.78 is 166. The number of nitrogens with zero attached hydrogens (tertiary/aromatic N) is 9. The molecule has 0 radical (unpaired) electrons. The third kappa shape index (κ3) is 15.5. The number of anilines is 5. The van der Waals surface area contributed by atoms with Crippen LogP contribution < -0.4 is 37.5 Å². The van der Waals surface area contributed by atoms with Crippen molar-refractivity contribution >= 4 is 120 Å². The Labute approximate surface area is 456 Å². The average Bonchev–Trinajstić information content (AvgIpc) is 3.49. The summed E-state index contributed by atoms with van der Waals surface area (Å²) in [5.41, 5.74) is 5.36. The van der Waals surface area contributed by atoms with Gasteiger partial charge in [-0.2, -0.15) is 33.7 Å². The molecule has 3 aromatic heterocycles. The molecule has 0 saturated carbocycles. The van der Waals surface area contributed by atoms with E-state index in [9.17, 15) is 85.1 Å². The Morgan fingerprint density at radius 2 is 1.32 bits per heavy atom. The average molecular weight is 1230 g/mol. The first-order chi connectivity index (χ1) is 37.6. The van der Waals surface area contributed by atoms with E-state index >= 15 is 0 Å². The van der Waals surface area contributed by atoms with E-state index in [0.29, 0.717) is 12.1 Å². The van der Waals surface area contributed by atoms with Gasteiger partial charge in [-0.15, -0.1) is 25.4 Å². The minimum absolute atomic E-state index is 0.132. The first kappa shape index (κ1) is 61.3. The topological polar surface area (TPSA) is 555 Å². The van der Waals surface area contributed by atoms with Crippen LogP contribution in [-0.2, 0) is 61.3 Å². The van der Waals surface area contributed by atoms with Crippen molar-refractivity contribution in [2.24, 2.45) is 26.2 Å². The number of nitrogen functional groups attached to an aromatic ring is 1. The molecule has 0 spiro atoms. The van der Waals surface area contributed by atoms with Gasteiger partial charge in [0.25, 0.3) is 47.7 Å². The van der Waals surface area contributed by atoms with Gasteiger partial charge in [-0.3, -0.25) is 37.2 Å². The fourth-order valence-electron chi connectivity index (χ4n) is 6.88. The third-order valence-electron chi connectivity index (χ3n) is 10.6. The molecule has 2 amide bonds. The number of hydrogen-bond acceptors (Lipinski definition) is 26. The van der Waals surface area contributed by atoms with Crippen LogP contribution in [0.15, 0.2) is 113 Å². The van der Waals surface area contributed by atoms with Gasteiger partial charge in [0.05, 0.1) is 47.4 Å². The molecule has 430 valence electrons. The summed E-state index contributed by atoms with van der Waals surface area (Å²) in [6, 6.07) is 9.11. The summed E-state index contributed by atoms with van der Waals surface area (Å²) in [6.45, 7) is 0.907. The standard InChI is InChI=1S/C41H40N14O21S5/c1-3-55-36(58)32(34(43)56)20(2)33(37(55)59)53-52-28-17-23(5-7-29(28)78(64,65)66)45-39-47-40(49-41(48-39)54-11-8-21(9-12-54)38(60)61)46-26-18-24(42)30(79(67,68)69)19-27(26)51-50-25-6-4-22(16-31(25)80(70,71)72)35(57)44-10-14-77(62,63)15-13-76-81(73,74)75/h4-9,11-12,16-19H,3,10,13-15H2,1-2H3,(H12-,42,43,44,45,46,47,48,49,50,52,56,57,58,59,60,61,64,65,66,67,68,69,70,71,72,73,74,75)/p+1. The lowest BCUT2D eigenvalue weighted by Crippen LogP contribution is -2.33. The highest BCUT2D eigenvalue weighted by molar-refractivity contribution is 7.91. The van der Waals surface area contributed by atoms with Crippen molar-refractivity contribution in [1.82, 2.24) is 24.8 Å². The van der Waals surface area contributed by atoms with Gasteiger partial charge in [0.2, 0.25) is 5.88 Å². The van der Waals surface area contributed by atoms with Crippen LogP contribution in [0.5, 0.6) is 5.88 Å². The van der Waals surface area contributed by atoms with E-state index in [1.54, 1.807) is 0 Å². The summed E-state index contributed by atoms with van der Waals surface area (Å²) >= 11 is 0. The van der Waals surface area contributed by atoms with E-state index in [4.69, 9.17) is 16.0 Å². The van der Waals surface area contributed by atoms with Crippen LogP contribution in [0, 0.1) is 6.92 Å². The fraction of sp³-hybridized carbons (Fsp3) is 0.171. The van der Waals surface area contributed by atoms with Crippen LogP contribution >= 0.6 is 0 Å². The zero-order valence-corrected chi connectivity index (χ0v) is 45.1. The monoisotopic (exact) mass is 1230 g/mol. The number of aromatic carboxylic acids is 1. The smallest absolute Gasteiger partial charge is 0.444 e. The van der Waals surface area contributed by atoms with Gasteiger partial charge < -0.3 is 37.6 Å². The number of hydrogen-bond donors (Lipinski definition) is 11. The van der Waals surface area contributed by atoms with Crippen LogP contribution in [0.4, 0.5) is 51.7 Å². The largest absolute Gasteiger partial charge is 0.493 e. The quantitative estimate of drug-likeness (QED) is 0.0188. The van der Waals surface area contributed by atoms with Crippen molar-refractivity contribution in [2.75, 3.05) is 41.0 Å². The number of carboxylic acid groups (broad SMARTS) is 1. The summed E-state index contributed by atoms with van der Waals surface area (Å²) in [5, 5.41) is 43.4. The molecule has 0 unspecified atom stereocenters. The molecule has 0 aliphatic heterocycles. The molecule has 0 aliphatic rings. The lowest BCUT2D eigenvalue weighted by Gasteiger charge is -2.13. The molecule has 0 bridgehead atoms. The molecule has 0 fully saturated rings. The number of aromatic hydroxyl groups is 1. The lowest BCUT2D eigenvalue weighted by molar-refractivity contribution is -0.603. The van der Waals surface area contributed by atoms with Gasteiger partial charge in [0.15, 0.2) is 9.84 Å². The van der Waals surface area contributed by atoms with Gasteiger partial charge in [-0.1, -0.05) is 0 Å². The van der Waals surface area contributed by atoms with E-state index < -0.39 is 171 Å². The molecule has 0 saturated heterocycles. The van der Waals surface area contributed by atoms with Crippen molar-refractivity contribution in [3.05, 3.63) is 106 Å². The number of azo groups is 2. The fourth-order valence-corrected chi connectivity index (χ4v) is 10.1. The minimum atomic E-state index is -5.31. The van der Waals surface area contributed by atoms with Gasteiger partial charge in [-0.25, -0.2) is 22.0 Å². The highest BCUT2D eigenvalue weighted by Crippen LogP contribution is 2.38. The number of pyridine rings is 2. The molecule has 0 aliphatic carbocycles. The summed E-state index contributed by atoms with van der Waals surface area (Å²) in [4.78, 5) is 59.7. The highest BCUT2D eigenvalue weighted by atomic mass is 32.3. The number of primary amides is 1. The van der Waals surface area contributed by atoms with Crippen molar-refractivity contribution in [2.45, 2.75) is 35.1 Å². The number of rotatable bonds is 23. The molecule has 3 heterocycles. The van der Waals surface area contributed by atoms with E-state index in [1.807, 2.05) is 0 Å². The maximum Gasteiger partial charge on any atom is 0.444 e. The van der Waals surface area contributed by atoms with Crippen molar-refractivity contribution in [3.63, 3.8) is 0 Å². The molecule has 40 heteroatoms. The molecule has 13 N–H and O–H groups in total. The predicted molar refractivity (Wildman–Crippen MR) is 276 cm³/mol. The maximum atomic E-state index is 12.9. The molecule has 6 rings (SSSR count). The first-order valence-electron chi connectivity index (χ1n) is 22.0. The third-order valence-corrected chi connectivity index (χ3v) is 15.4. The molecule has 35 nitrogen and oxygen atoms in total. The normalized spacial score (nSPS) is 12.4. The van der Waals surface area contributed by atoms with Gasteiger partial charge >= 0.3 is 34.2 Å². The Morgan fingerprint density at radius 3 is 1.90 bits per heavy atom. The summed E-state index contributed by atoms with van der Waals surface area (Å²) in [6.07, 6.45) is 2.41. The number of aromatic nitrogens is 5. The Kier molecular flexibility index (Phi) is 18.1. The Bertz CT molecular complexity index is 4280. The SMILES string of the molecule is CCn1c(O)c(N=Nc2cc(Nc3nc(Nc4cc(N)c(S(=O)(=O)O)cc4N=Nc4ccc(C(=O)NCCS(=O)(=O)CCOS(=O)(=O)O)cc4S(=O)(=O)O)nc(-[n+]4ccc(C(=O)O)cc4)n3)ccc2S(=O)(=O)O)c(C)c(C(N)=O)c1=O. The first-order valence-corrected chi connectivity index (χ1v) is 29.5. The van der Waals surface area contributed by atoms with Crippen LogP contribution in [0.25, 0.3) is 5.95 Å². The van der Waals surface area contributed by atoms with E-state index in [1.165, 1.54) is 30.8 Å². The van der Waals surface area contributed by atoms with Crippen LogP contribution in [0.3, 0.4) is 0 Å². The second-order valence-electron chi connectivity index (χ2n) is 16.2. The van der Waals surface area contributed by atoms with Crippen molar-refractivity contribution in [1.29, 1.82) is 0 Å². The van der Waals surface area contributed by atoms with Gasteiger partial charge in [0.1, 0.15) is 43.0 Å². The van der Waals surface area contributed by atoms with E-state index in [-0.39, 0.29) is 35.0 Å². The Balaban J connectivity index is 1.42. The number of nitrogens with one attached hydrogen (secondary N) is 3. The van der Waals surface area contributed by atoms with E-state index in [2.05, 4.69) is 55.5 Å². The number of amides is 2. The summed E-state index contributed by atoms with van der Waals surface area (Å²) in [5.74, 6) is -7.35. The molecule has 3 aromatic carbocycles. The zero-order chi connectivity index (χ0) is 60.2. The van der Waals surface area contributed by atoms with Crippen LogP contribution in [0.2, 0.25) is 0 Å². The number of nitrogens with two attached hydrogens (primary N) is 2. The van der Waals surface area contributed by atoms with Crippen LogP contribution in [-0.4, -0.2) is 132 Å². The highest BCUT2D eigenvalue weighted by Gasteiger charge is 2.27. The minimum Gasteiger partial charge on any atom is -0.493 e. The maximum absolute atomic E-state index is 12.9. The molecular weight excluding hydrogens is 1180 g/mol. The zero-order valence-electron chi connectivity index (χ0n) is 41.0. The molecular formula is C41H41N14O21S5+. The van der Waals surface area contributed by atoms with Crippen molar-refractivity contribution in [3.8, 4) is 11.8 Å². The molecule has 6 aromatic rings. The predicted octanol–water partition coefficient (Wildman–Crippen LogP) is 1.75. The van der Waals surface area contributed by atoms with Gasteiger partial charge in [-0.05, 0) is 84.5 Å².